The molecule has 4 aliphatic rings. The summed E-state index contributed by atoms with van der Waals surface area (Å²) in [4.78, 5) is 0. The molecule has 0 heterocycles. The van der Waals surface area contributed by atoms with Gasteiger partial charge in [0.1, 0.15) is 0 Å². The molecule has 7 atom stereocenters. The lowest BCUT2D eigenvalue weighted by Gasteiger charge is -2.64. The van der Waals surface area contributed by atoms with Gasteiger partial charge in [0.05, 0.1) is 6.10 Å². The van der Waals surface area contributed by atoms with Gasteiger partial charge in [0.2, 0.25) is 0 Å². The highest BCUT2D eigenvalue weighted by Gasteiger charge is 2.61. The summed E-state index contributed by atoms with van der Waals surface area (Å²) in [7, 11) is 0. The quantitative estimate of drug-likeness (QED) is 0.652. The fraction of sp³-hybridized carbons (Fsp3) is 1.00. The summed E-state index contributed by atoms with van der Waals surface area (Å²) in [6.07, 6.45) is 13.6. The number of rotatable bonds is 0. The number of aliphatic hydroxyl groups excluding tert-OH is 1. The molecule has 120 valence electrons. The van der Waals surface area contributed by atoms with Gasteiger partial charge in [-0.3, -0.25) is 0 Å². The van der Waals surface area contributed by atoms with E-state index in [0.29, 0.717) is 16.2 Å². The molecule has 4 fully saturated rings. The van der Waals surface area contributed by atoms with Crippen LogP contribution in [0.5, 0.6) is 0 Å². The first-order valence-corrected chi connectivity index (χ1v) is 9.56. The van der Waals surface area contributed by atoms with Crippen molar-refractivity contribution in [1.82, 2.24) is 0 Å². The summed E-state index contributed by atoms with van der Waals surface area (Å²) in [5, 5.41) is 10.2. The van der Waals surface area contributed by atoms with E-state index in [2.05, 4.69) is 20.8 Å². The van der Waals surface area contributed by atoms with Crippen molar-refractivity contribution in [2.45, 2.75) is 91.1 Å². The molecule has 4 aliphatic carbocycles. The van der Waals surface area contributed by atoms with Gasteiger partial charge in [-0.05, 0) is 91.8 Å². The van der Waals surface area contributed by atoms with Gasteiger partial charge in [0.25, 0.3) is 0 Å². The zero-order valence-electron chi connectivity index (χ0n) is 14.3. The number of hydrogen-bond donors (Lipinski definition) is 1. The maximum atomic E-state index is 10.2. The lowest BCUT2D eigenvalue weighted by molar-refractivity contribution is -0.166. The Morgan fingerprint density at radius 2 is 1.62 bits per heavy atom. The van der Waals surface area contributed by atoms with E-state index < -0.39 is 0 Å². The van der Waals surface area contributed by atoms with Crippen LogP contribution in [0.15, 0.2) is 0 Å². The van der Waals surface area contributed by atoms with Crippen molar-refractivity contribution in [1.29, 1.82) is 0 Å². The Hall–Kier alpha value is -0.0400. The van der Waals surface area contributed by atoms with Gasteiger partial charge >= 0.3 is 0 Å². The van der Waals surface area contributed by atoms with Gasteiger partial charge in [-0.25, -0.2) is 0 Å². The molecular formula is C20H34O. The van der Waals surface area contributed by atoms with Crippen LogP contribution in [-0.4, -0.2) is 11.2 Å². The average molecular weight is 290 g/mol. The van der Waals surface area contributed by atoms with Crippen molar-refractivity contribution in [3.8, 4) is 0 Å². The highest BCUT2D eigenvalue weighted by atomic mass is 16.3. The smallest absolute Gasteiger partial charge is 0.0545 e. The van der Waals surface area contributed by atoms with E-state index in [1.54, 1.807) is 0 Å². The van der Waals surface area contributed by atoms with Crippen LogP contribution in [0.3, 0.4) is 0 Å². The molecular weight excluding hydrogens is 256 g/mol. The van der Waals surface area contributed by atoms with Crippen molar-refractivity contribution in [3.05, 3.63) is 0 Å². The van der Waals surface area contributed by atoms with Crippen molar-refractivity contribution in [2.75, 3.05) is 0 Å². The molecule has 0 radical (unpaired) electrons. The molecule has 0 saturated heterocycles. The second-order valence-corrected chi connectivity index (χ2v) is 9.88. The summed E-state index contributed by atoms with van der Waals surface area (Å²) < 4.78 is 0. The van der Waals surface area contributed by atoms with Crippen LogP contribution in [0.25, 0.3) is 0 Å². The number of aliphatic hydroxyl groups is 1. The highest BCUT2D eigenvalue weighted by Crippen LogP contribution is 2.69. The van der Waals surface area contributed by atoms with Gasteiger partial charge in [-0.1, -0.05) is 27.2 Å². The maximum absolute atomic E-state index is 10.2. The first-order chi connectivity index (χ1) is 9.88. The zero-order chi connectivity index (χ0) is 14.9. The van der Waals surface area contributed by atoms with Crippen LogP contribution >= 0.6 is 0 Å². The largest absolute Gasteiger partial charge is 0.393 e. The number of hydrogen-bond acceptors (Lipinski definition) is 1. The molecule has 0 bridgehead atoms. The van der Waals surface area contributed by atoms with Crippen LogP contribution in [0, 0.1) is 34.0 Å². The minimum atomic E-state index is -0.0278. The topological polar surface area (TPSA) is 20.2 Å². The second-order valence-electron chi connectivity index (χ2n) is 9.88. The highest BCUT2D eigenvalue weighted by molar-refractivity contribution is 5.11. The van der Waals surface area contributed by atoms with Gasteiger partial charge in [-0.2, -0.15) is 0 Å². The average Bonchev–Trinajstić information content (AvgIpc) is 2.82. The first-order valence-electron chi connectivity index (χ1n) is 9.56. The minimum absolute atomic E-state index is 0.0278. The summed E-state index contributed by atoms with van der Waals surface area (Å²) in [5.41, 5.74) is 1.58. The van der Waals surface area contributed by atoms with E-state index in [9.17, 15) is 5.11 Å². The third-order valence-electron chi connectivity index (χ3n) is 9.13. The Morgan fingerprint density at radius 1 is 0.810 bits per heavy atom. The van der Waals surface area contributed by atoms with Crippen molar-refractivity contribution >= 4 is 0 Å². The van der Waals surface area contributed by atoms with Crippen molar-refractivity contribution in [2.24, 2.45) is 34.0 Å². The Labute approximate surface area is 130 Å². The fourth-order valence-corrected chi connectivity index (χ4v) is 7.60. The van der Waals surface area contributed by atoms with Crippen molar-refractivity contribution in [3.63, 3.8) is 0 Å². The van der Waals surface area contributed by atoms with Gasteiger partial charge in [0, 0.05) is 0 Å². The van der Waals surface area contributed by atoms with Crippen LogP contribution in [0.1, 0.15) is 85.0 Å². The first kappa shape index (κ1) is 14.5. The Balaban J connectivity index is 1.67. The lowest BCUT2D eigenvalue weighted by atomic mass is 9.40. The molecule has 4 saturated carbocycles. The van der Waals surface area contributed by atoms with E-state index in [-0.39, 0.29) is 6.10 Å². The van der Waals surface area contributed by atoms with E-state index >= 15 is 0 Å². The molecule has 0 aliphatic heterocycles. The molecule has 4 rings (SSSR count). The molecule has 0 unspecified atom stereocenters. The molecule has 0 spiro atoms. The van der Waals surface area contributed by atoms with Crippen LogP contribution in [-0.2, 0) is 0 Å². The van der Waals surface area contributed by atoms with Crippen LogP contribution in [0.4, 0.5) is 0 Å². The van der Waals surface area contributed by atoms with Gasteiger partial charge < -0.3 is 5.11 Å². The summed E-state index contributed by atoms with van der Waals surface area (Å²) >= 11 is 0. The van der Waals surface area contributed by atoms with E-state index in [1.165, 1.54) is 51.4 Å². The maximum Gasteiger partial charge on any atom is 0.0545 e. The van der Waals surface area contributed by atoms with E-state index in [4.69, 9.17) is 0 Å². The minimum Gasteiger partial charge on any atom is -0.393 e. The third-order valence-corrected chi connectivity index (χ3v) is 9.13. The molecule has 1 nitrogen and oxygen atoms in total. The Kier molecular flexibility index (Phi) is 3.11. The fourth-order valence-electron chi connectivity index (χ4n) is 7.60. The molecule has 21 heavy (non-hydrogen) atoms. The third kappa shape index (κ3) is 1.85. The summed E-state index contributed by atoms with van der Waals surface area (Å²) in [6, 6.07) is 0. The van der Waals surface area contributed by atoms with Crippen LogP contribution in [0.2, 0.25) is 0 Å². The predicted octanol–water partition coefficient (Wildman–Crippen LogP) is 5.17. The molecule has 1 heteroatoms. The second kappa shape index (κ2) is 4.49. The van der Waals surface area contributed by atoms with Gasteiger partial charge in [0.15, 0.2) is 0 Å². The monoisotopic (exact) mass is 290 g/mol. The van der Waals surface area contributed by atoms with E-state index in [0.717, 1.165) is 30.6 Å². The molecule has 1 N–H and O–H groups in total. The normalized spacial score (nSPS) is 60.0. The van der Waals surface area contributed by atoms with E-state index in [1.807, 2.05) is 0 Å². The molecule has 0 aromatic carbocycles. The zero-order valence-corrected chi connectivity index (χ0v) is 14.3. The summed E-state index contributed by atoms with van der Waals surface area (Å²) in [5.74, 6) is 2.96. The molecule has 0 aromatic heterocycles. The molecule has 0 aromatic rings. The summed E-state index contributed by atoms with van der Waals surface area (Å²) in [6.45, 7) is 7.71. The SMILES string of the molecule is C[C@]12CCC[C@@H]1[C@@H]1CC[C@@]3(C)C[C@@H](O)CC[C@@]3(C)[C@H]1CC2. The lowest BCUT2D eigenvalue weighted by Crippen LogP contribution is -2.57. The Bertz CT molecular complexity index is 432. The van der Waals surface area contributed by atoms with Crippen LogP contribution < -0.4 is 0 Å². The molecule has 0 amide bonds. The Morgan fingerprint density at radius 3 is 2.43 bits per heavy atom. The van der Waals surface area contributed by atoms with Crippen molar-refractivity contribution < 1.29 is 5.11 Å². The van der Waals surface area contributed by atoms with Gasteiger partial charge in [-0.15, -0.1) is 0 Å². The number of fused-ring (bicyclic) bond motifs is 5. The standard InChI is InChI=1S/C20H34O/c1-18-9-4-5-16(18)15-7-11-19(2)13-14(21)6-12-20(19,3)17(15)8-10-18/h14-17,21H,4-13H2,1-3H3/t14-,15-,16+,17-,18+,19-,20-/m0/s1. The predicted molar refractivity (Wildman–Crippen MR) is 87.0 cm³/mol.